The number of fused-ring (bicyclic) bond motifs is 1. The number of imide groups is 1. The zero-order valence-electron chi connectivity index (χ0n) is 10.7. The lowest BCUT2D eigenvalue weighted by atomic mass is 10.1. The third-order valence-corrected chi connectivity index (χ3v) is 3.38. The van der Waals surface area contributed by atoms with Crippen molar-refractivity contribution in [2.24, 2.45) is 0 Å². The van der Waals surface area contributed by atoms with E-state index >= 15 is 0 Å². The summed E-state index contributed by atoms with van der Waals surface area (Å²) in [6.45, 7) is 0.488. The van der Waals surface area contributed by atoms with E-state index in [2.05, 4.69) is 0 Å². The van der Waals surface area contributed by atoms with E-state index in [-0.39, 0.29) is 11.1 Å². The van der Waals surface area contributed by atoms with E-state index in [0.717, 1.165) is 12.8 Å². The largest absolute Gasteiger partial charge is 0.366 e. The molecule has 0 spiro atoms. The van der Waals surface area contributed by atoms with E-state index in [1.807, 2.05) is 0 Å². The van der Waals surface area contributed by atoms with Crippen LogP contribution in [0.2, 0.25) is 0 Å². The monoisotopic (exact) mass is 275 g/mol. The van der Waals surface area contributed by atoms with Gasteiger partial charge in [0.25, 0.3) is 11.8 Å². The Balaban J connectivity index is 1.74. The van der Waals surface area contributed by atoms with E-state index in [0.29, 0.717) is 18.1 Å². The van der Waals surface area contributed by atoms with Crippen molar-refractivity contribution in [1.82, 2.24) is 5.06 Å². The first-order valence-corrected chi connectivity index (χ1v) is 6.49. The summed E-state index contributed by atoms with van der Waals surface area (Å²) in [6, 6.07) is 6.36. The maximum absolute atomic E-state index is 12.0. The molecule has 0 aliphatic carbocycles. The molecule has 1 atom stereocenters. The molecule has 2 amide bonds. The average Bonchev–Trinajstić information content (AvgIpc) is 2.74. The molecule has 3 rings (SSSR count). The third-order valence-electron chi connectivity index (χ3n) is 3.38. The zero-order chi connectivity index (χ0) is 14.1. The molecule has 1 unspecified atom stereocenters. The molecule has 20 heavy (non-hydrogen) atoms. The number of ether oxygens (including phenoxy) is 1. The molecule has 104 valence electrons. The van der Waals surface area contributed by atoms with Crippen LogP contribution in [0.25, 0.3) is 0 Å². The van der Waals surface area contributed by atoms with Crippen LogP contribution in [-0.2, 0) is 14.4 Å². The van der Waals surface area contributed by atoms with E-state index in [9.17, 15) is 14.4 Å². The number of hydrogen-bond donors (Lipinski definition) is 0. The number of nitrogens with zero attached hydrogens (tertiary/aromatic N) is 1. The Labute approximate surface area is 115 Å². The lowest BCUT2D eigenvalue weighted by Gasteiger charge is -2.22. The standard InChI is InChI=1S/C14H13NO5/c16-12-9-5-1-2-6-10(9)13(17)15(12)20-14(18)11-7-3-4-8-19-11/h1-2,5-6,11H,3-4,7-8H2. The molecule has 2 aliphatic heterocycles. The average molecular weight is 275 g/mol. The van der Waals surface area contributed by atoms with Gasteiger partial charge in [-0.15, -0.1) is 0 Å². The van der Waals surface area contributed by atoms with Gasteiger partial charge in [-0.3, -0.25) is 9.59 Å². The molecule has 1 aromatic rings. The van der Waals surface area contributed by atoms with Gasteiger partial charge in [-0.1, -0.05) is 17.2 Å². The first kappa shape index (κ1) is 12.8. The number of rotatable bonds is 2. The Bertz CT molecular complexity index is 542. The van der Waals surface area contributed by atoms with Crippen LogP contribution >= 0.6 is 0 Å². The van der Waals surface area contributed by atoms with Crippen molar-refractivity contribution in [3.05, 3.63) is 35.4 Å². The highest BCUT2D eigenvalue weighted by Crippen LogP contribution is 2.23. The molecule has 6 nitrogen and oxygen atoms in total. The molecule has 2 heterocycles. The fourth-order valence-electron chi connectivity index (χ4n) is 2.33. The van der Waals surface area contributed by atoms with Crippen molar-refractivity contribution < 1.29 is 24.0 Å². The Hall–Kier alpha value is -2.21. The molecule has 2 aliphatic rings. The number of hydrogen-bond acceptors (Lipinski definition) is 5. The van der Waals surface area contributed by atoms with Crippen molar-refractivity contribution in [2.75, 3.05) is 6.61 Å². The van der Waals surface area contributed by atoms with Gasteiger partial charge in [0, 0.05) is 6.61 Å². The van der Waals surface area contributed by atoms with Crippen molar-refractivity contribution >= 4 is 17.8 Å². The molecular formula is C14H13NO5. The SMILES string of the molecule is O=C(ON1C(=O)c2ccccc2C1=O)C1CCCCO1. The lowest BCUT2D eigenvalue weighted by Crippen LogP contribution is -2.39. The third kappa shape index (κ3) is 2.08. The molecule has 0 saturated carbocycles. The van der Waals surface area contributed by atoms with Gasteiger partial charge >= 0.3 is 5.97 Å². The number of carbonyl (C=O) groups is 3. The number of benzene rings is 1. The predicted molar refractivity (Wildman–Crippen MR) is 66.6 cm³/mol. The molecular weight excluding hydrogens is 262 g/mol. The van der Waals surface area contributed by atoms with Gasteiger partial charge in [-0.25, -0.2) is 4.79 Å². The highest BCUT2D eigenvalue weighted by Gasteiger charge is 2.40. The Morgan fingerprint density at radius 1 is 1.15 bits per heavy atom. The van der Waals surface area contributed by atoms with Gasteiger partial charge < -0.3 is 9.57 Å². The van der Waals surface area contributed by atoms with Gasteiger partial charge in [0.05, 0.1) is 11.1 Å². The molecule has 1 aromatic carbocycles. The van der Waals surface area contributed by atoms with Gasteiger partial charge in [-0.05, 0) is 31.4 Å². The zero-order valence-corrected chi connectivity index (χ0v) is 10.7. The second-order valence-corrected chi connectivity index (χ2v) is 4.72. The van der Waals surface area contributed by atoms with E-state index in [1.165, 1.54) is 12.1 Å². The molecule has 0 N–H and O–H groups in total. The molecule has 1 saturated heterocycles. The number of amides is 2. The summed E-state index contributed by atoms with van der Waals surface area (Å²) in [4.78, 5) is 40.9. The van der Waals surface area contributed by atoms with E-state index in [1.54, 1.807) is 12.1 Å². The van der Waals surface area contributed by atoms with Crippen LogP contribution < -0.4 is 0 Å². The minimum atomic E-state index is -0.701. The van der Waals surface area contributed by atoms with Crippen LogP contribution in [0.4, 0.5) is 0 Å². The van der Waals surface area contributed by atoms with E-state index in [4.69, 9.17) is 9.57 Å². The lowest BCUT2D eigenvalue weighted by molar-refractivity contribution is -0.184. The van der Waals surface area contributed by atoms with Crippen LogP contribution in [0, 0.1) is 0 Å². The Morgan fingerprint density at radius 2 is 1.80 bits per heavy atom. The fraction of sp³-hybridized carbons (Fsp3) is 0.357. The molecule has 0 radical (unpaired) electrons. The summed E-state index contributed by atoms with van der Waals surface area (Å²) in [5, 5.41) is 0.519. The molecule has 0 aromatic heterocycles. The summed E-state index contributed by atoms with van der Waals surface area (Å²) in [5.41, 5.74) is 0.490. The minimum Gasteiger partial charge on any atom is -0.366 e. The second-order valence-electron chi connectivity index (χ2n) is 4.72. The van der Waals surface area contributed by atoms with Crippen LogP contribution in [-0.4, -0.2) is 35.6 Å². The quantitative estimate of drug-likeness (QED) is 0.761. The molecule has 1 fully saturated rings. The van der Waals surface area contributed by atoms with Crippen molar-refractivity contribution in [3.8, 4) is 0 Å². The van der Waals surface area contributed by atoms with Gasteiger partial charge in [0.15, 0.2) is 6.10 Å². The van der Waals surface area contributed by atoms with Crippen LogP contribution in [0.3, 0.4) is 0 Å². The highest BCUT2D eigenvalue weighted by atomic mass is 16.7. The van der Waals surface area contributed by atoms with Crippen LogP contribution in [0.1, 0.15) is 40.0 Å². The Morgan fingerprint density at radius 3 is 2.35 bits per heavy atom. The maximum Gasteiger partial charge on any atom is 0.361 e. The van der Waals surface area contributed by atoms with Gasteiger partial charge in [-0.2, -0.15) is 0 Å². The first-order valence-electron chi connectivity index (χ1n) is 6.49. The highest BCUT2D eigenvalue weighted by molar-refractivity contribution is 6.20. The number of hydroxylamine groups is 2. The summed E-state index contributed by atoms with van der Waals surface area (Å²) in [5.74, 6) is -1.93. The molecule has 0 bridgehead atoms. The summed E-state index contributed by atoms with van der Waals surface area (Å²) in [7, 11) is 0. The van der Waals surface area contributed by atoms with Crippen molar-refractivity contribution in [2.45, 2.75) is 25.4 Å². The van der Waals surface area contributed by atoms with Gasteiger partial charge in [0.1, 0.15) is 0 Å². The van der Waals surface area contributed by atoms with Crippen LogP contribution in [0.15, 0.2) is 24.3 Å². The minimum absolute atomic E-state index is 0.245. The smallest absolute Gasteiger partial charge is 0.361 e. The van der Waals surface area contributed by atoms with Crippen molar-refractivity contribution in [3.63, 3.8) is 0 Å². The van der Waals surface area contributed by atoms with Crippen molar-refractivity contribution in [1.29, 1.82) is 0 Å². The summed E-state index contributed by atoms with van der Waals surface area (Å²) >= 11 is 0. The van der Waals surface area contributed by atoms with Gasteiger partial charge in [0.2, 0.25) is 0 Å². The number of carbonyl (C=O) groups excluding carboxylic acids is 3. The summed E-state index contributed by atoms with van der Waals surface area (Å²) in [6.07, 6.45) is 1.61. The predicted octanol–water partition coefficient (Wildman–Crippen LogP) is 1.31. The van der Waals surface area contributed by atoms with Crippen LogP contribution in [0.5, 0.6) is 0 Å². The molecule has 6 heteroatoms. The first-order chi connectivity index (χ1) is 9.68. The second kappa shape index (κ2) is 5.05. The fourth-order valence-corrected chi connectivity index (χ4v) is 2.33. The Kier molecular flexibility index (Phi) is 3.23. The normalized spacial score (nSPS) is 21.8. The van der Waals surface area contributed by atoms with E-state index < -0.39 is 23.9 Å². The maximum atomic E-state index is 12.0. The topological polar surface area (TPSA) is 72.9 Å². The summed E-state index contributed by atoms with van der Waals surface area (Å²) < 4.78 is 5.27.